The lowest BCUT2D eigenvalue weighted by atomic mass is 10.1. The molecule has 0 aromatic heterocycles. The molecule has 0 amide bonds. The summed E-state index contributed by atoms with van der Waals surface area (Å²) in [6.07, 6.45) is 11.2. The predicted octanol–water partition coefficient (Wildman–Crippen LogP) is 5.53. The zero-order chi connectivity index (χ0) is 14.8. The van der Waals surface area contributed by atoms with Crippen molar-refractivity contribution in [2.75, 3.05) is 20.6 Å². The van der Waals surface area contributed by atoms with E-state index in [1.807, 2.05) is 0 Å². The molecule has 1 rings (SSSR count). The average Bonchev–Trinajstić information content (AvgIpc) is 2.42. The first-order valence-corrected chi connectivity index (χ1v) is 8.46. The normalized spacial score (nSPS) is 11.2. The first kappa shape index (κ1) is 20.1. The minimum Gasteiger partial charge on any atom is -0.870 e. The highest BCUT2D eigenvalue weighted by molar-refractivity contribution is 5.42. The quantitative estimate of drug-likeness (QED) is 0.412. The van der Waals surface area contributed by atoms with Crippen molar-refractivity contribution < 1.29 is 5.48 Å². The second kappa shape index (κ2) is 10.8. The largest absolute Gasteiger partial charge is 0.870 e. The van der Waals surface area contributed by atoms with Gasteiger partial charge < -0.3 is 5.48 Å². The fourth-order valence-electron chi connectivity index (χ4n) is 2.72. The van der Waals surface area contributed by atoms with E-state index in [-0.39, 0.29) is 5.48 Å². The Kier molecular flexibility index (Phi) is 10.4. The molecule has 122 valence electrons. The van der Waals surface area contributed by atoms with Gasteiger partial charge in [0.2, 0.25) is 0 Å². The first-order chi connectivity index (χ1) is 9.56. The molecule has 2 heteroatoms. The summed E-state index contributed by atoms with van der Waals surface area (Å²) < 4.78 is 1.01. The Bertz CT molecular complexity index is 356. The number of aryl methyl sites for hydroxylation is 1. The Morgan fingerprint density at radius 3 is 1.76 bits per heavy atom. The van der Waals surface area contributed by atoms with E-state index in [0.717, 1.165) is 4.48 Å². The van der Waals surface area contributed by atoms with Gasteiger partial charge >= 0.3 is 0 Å². The van der Waals surface area contributed by atoms with Gasteiger partial charge in [0.25, 0.3) is 0 Å². The van der Waals surface area contributed by atoms with Crippen LogP contribution in [0, 0.1) is 6.92 Å². The molecule has 0 saturated heterocycles. The fraction of sp³-hybridized carbons (Fsp3) is 0.684. The van der Waals surface area contributed by atoms with Gasteiger partial charge in [0.15, 0.2) is 0 Å². The average molecular weight is 293 g/mol. The van der Waals surface area contributed by atoms with Crippen molar-refractivity contribution in [1.29, 1.82) is 0 Å². The molecule has 0 spiro atoms. The summed E-state index contributed by atoms with van der Waals surface area (Å²) in [5, 5.41) is 0. The molecule has 0 radical (unpaired) electrons. The Labute approximate surface area is 132 Å². The number of rotatable bonds is 10. The molecule has 0 unspecified atom stereocenters. The summed E-state index contributed by atoms with van der Waals surface area (Å²) in [7, 11) is 4.65. The van der Waals surface area contributed by atoms with E-state index < -0.39 is 0 Å². The van der Waals surface area contributed by atoms with Crippen LogP contribution in [0.2, 0.25) is 0 Å². The summed E-state index contributed by atoms with van der Waals surface area (Å²) in [6, 6.07) is 9.01. The van der Waals surface area contributed by atoms with E-state index in [1.54, 1.807) is 0 Å². The highest BCUT2D eigenvalue weighted by atomic mass is 16.0. The second-order valence-electron chi connectivity index (χ2n) is 6.72. The van der Waals surface area contributed by atoms with Crippen LogP contribution in [0.5, 0.6) is 0 Å². The predicted molar refractivity (Wildman–Crippen MR) is 94.2 cm³/mol. The molecule has 21 heavy (non-hydrogen) atoms. The maximum absolute atomic E-state index is 2.33. The molecule has 2 nitrogen and oxygen atoms in total. The SMILES string of the molecule is CCCCCCCCCC[N+](C)(C)c1ccc(C)cc1.[OH-]. The number of hydrogen-bond acceptors (Lipinski definition) is 1. The molecule has 1 N–H and O–H groups in total. The van der Waals surface area contributed by atoms with Gasteiger partial charge in [0, 0.05) is 0 Å². The van der Waals surface area contributed by atoms with Crippen molar-refractivity contribution in [2.45, 2.75) is 65.2 Å². The van der Waals surface area contributed by atoms with Crippen molar-refractivity contribution in [1.82, 2.24) is 4.48 Å². The van der Waals surface area contributed by atoms with E-state index >= 15 is 0 Å². The Balaban J connectivity index is 0.00000400. The van der Waals surface area contributed by atoms with Gasteiger partial charge in [0.05, 0.1) is 20.6 Å². The maximum Gasteiger partial charge on any atom is 0.132 e. The van der Waals surface area contributed by atoms with Gasteiger partial charge in [-0.25, -0.2) is 0 Å². The molecule has 0 aliphatic carbocycles. The Morgan fingerprint density at radius 1 is 0.762 bits per heavy atom. The maximum atomic E-state index is 2.33. The number of benzene rings is 1. The van der Waals surface area contributed by atoms with E-state index in [4.69, 9.17) is 0 Å². The van der Waals surface area contributed by atoms with E-state index in [1.165, 1.54) is 69.2 Å². The van der Waals surface area contributed by atoms with Crippen LogP contribution in [0.1, 0.15) is 63.9 Å². The van der Waals surface area contributed by atoms with E-state index in [9.17, 15) is 0 Å². The lowest BCUT2D eigenvalue weighted by Gasteiger charge is -2.29. The molecule has 0 saturated carbocycles. The second-order valence-corrected chi connectivity index (χ2v) is 6.72. The van der Waals surface area contributed by atoms with Crippen LogP contribution in [-0.4, -0.2) is 26.1 Å². The van der Waals surface area contributed by atoms with Crippen LogP contribution in [-0.2, 0) is 0 Å². The summed E-state index contributed by atoms with van der Waals surface area (Å²) in [5.41, 5.74) is 2.78. The molecule has 1 aromatic carbocycles. The minimum atomic E-state index is 0. The molecule has 0 aliphatic rings. The number of unbranched alkanes of at least 4 members (excludes halogenated alkanes) is 7. The third-order valence-corrected chi connectivity index (χ3v) is 4.30. The number of quaternary nitrogens is 1. The molecule has 0 heterocycles. The third kappa shape index (κ3) is 8.23. The topological polar surface area (TPSA) is 30.0 Å². The molecule has 0 atom stereocenters. The van der Waals surface area contributed by atoms with Crippen LogP contribution < -0.4 is 4.48 Å². The highest BCUT2D eigenvalue weighted by Gasteiger charge is 2.17. The van der Waals surface area contributed by atoms with Crippen molar-refractivity contribution in [2.24, 2.45) is 0 Å². The third-order valence-electron chi connectivity index (χ3n) is 4.30. The zero-order valence-electron chi connectivity index (χ0n) is 14.6. The van der Waals surface area contributed by atoms with Crippen molar-refractivity contribution >= 4 is 5.69 Å². The van der Waals surface area contributed by atoms with Crippen LogP contribution in [0.4, 0.5) is 5.69 Å². The highest BCUT2D eigenvalue weighted by Crippen LogP contribution is 2.20. The molecular formula is C19H35NO. The van der Waals surface area contributed by atoms with Crippen LogP contribution in [0.25, 0.3) is 0 Å². The fourth-order valence-corrected chi connectivity index (χ4v) is 2.72. The summed E-state index contributed by atoms with van der Waals surface area (Å²) in [4.78, 5) is 0. The molecule has 0 bridgehead atoms. The smallest absolute Gasteiger partial charge is 0.132 e. The van der Waals surface area contributed by atoms with Crippen molar-refractivity contribution in [3.8, 4) is 0 Å². The van der Waals surface area contributed by atoms with E-state index in [2.05, 4.69) is 52.2 Å². The number of hydrogen-bond donors (Lipinski definition) is 0. The van der Waals surface area contributed by atoms with Gasteiger partial charge in [-0.1, -0.05) is 63.1 Å². The summed E-state index contributed by atoms with van der Waals surface area (Å²) >= 11 is 0. The minimum absolute atomic E-state index is 0. The monoisotopic (exact) mass is 293 g/mol. The van der Waals surface area contributed by atoms with Gasteiger partial charge in [-0.15, -0.1) is 0 Å². The molecular weight excluding hydrogens is 258 g/mol. The van der Waals surface area contributed by atoms with Gasteiger partial charge in [-0.2, -0.15) is 0 Å². The van der Waals surface area contributed by atoms with Gasteiger partial charge in [-0.05, 0) is 31.9 Å². The standard InChI is InChI=1S/C19H34N.H2O/c1-5-6-7-8-9-10-11-12-17-20(3,4)19-15-13-18(2)14-16-19;/h13-16H,5-12,17H2,1-4H3;1H2/q+1;/p-1. The van der Waals surface area contributed by atoms with Crippen LogP contribution in [0.3, 0.4) is 0 Å². The van der Waals surface area contributed by atoms with Gasteiger partial charge in [-0.3, -0.25) is 4.48 Å². The summed E-state index contributed by atoms with van der Waals surface area (Å²) in [6.45, 7) is 5.69. The molecule has 0 aliphatic heterocycles. The van der Waals surface area contributed by atoms with Gasteiger partial charge in [0.1, 0.15) is 5.69 Å². The zero-order valence-corrected chi connectivity index (χ0v) is 14.6. The van der Waals surface area contributed by atoms with Crippen LogP contribution in [0.15, 0.2) is 24.3 Å². The lowest BCUT2D eigenvalue weighted by Crippen LogP contribution is -2.41. The first-order valence-electron chi connectivity index (χ1n) is 8.46. The Morgan fingerprint density at radius 2 is 1.24 bits per heavy atom. The molecule has 1 aromatic rings. The van der Waals surface area contributed by atoms with Crippen molar-refractivity contribution in [3.05, 3.63) is 29.8 Å². The lowest BCUT2D eigenvalue weighted by molar-refractivity contribution is 0.381. The summed E-state index contributed by atoms with van der Waals surface area (Å²) in [5.74, 6) is 0. The van der Waals surface area contributed by atoms with Crippen molar-refractivity contribution in [3.63, 3.8) is 0 Å². The van der Waals surface area contributed by atoms with Crippen LogP contribution >= 0.6 is 0 Å². The Hall–Kier alpha value is -0.860. The van der Waals surface area contributed by atoms with E-state index in [0.29, 0.717) is 0 Å². The molecule has 0 fully saturated rings. The number of nitrogens with zero attached hydrogens (tertiary/aromatic N) is 1.